The van der Waals surface area contributed by atoms with E-state index in [1.165, 1.54) is 51.7 Å². The summed E-state index contributed by atoms with van der Waals surface area (Å²) in [5.41, 5.74) is 0. The fourth-order valence-corrected chi connectivity index (χ4v) is 6.03. The Morgan fingerprint density at radius 3 is 2.55 bits per heavy atom. The number of nitrogens with zero attached hydrogens (tertiary/aromatic N) is 5. The molecule has 5 rings (SSSR count). The second-order valence-corrected chi connectivity index (χ2v) is 9.36. The van der Waals surface area contributed by atoms with Gasteiger partial charge in [-0.1, -0.05) is 19.3 Å². The van der Waals surface area contributed by atoms with Crippen LogP contribution in [-0.4, -0.2) is 50.2 Å². The summed E-state index contributed by atoms with van der Waals surface area (Å²) in [5, 5.41) is 0. The average molecular weight is 396 g/mol. The Balaban J connectivity index is 1.31. The molecule has 0 N–H and O–H groups in total. The van der Waals surface area contributed by atoms with Crippen molar-refractivity contribution in [1.82, 2.24) is 24.4 Å². The molecular formula is C23H33N5O. The molecule has 3 fully saturated rings. The van der Waals surface area contributed by atoms with E-state index in [4.69, 9.17) is 4.74 Å². The van der Waals surface area contributed by atoms with Crippen LogP contribution in [0.3, 0.4) is 0 Å². The van der Waals surface area contributed by atoms with Crippen LogP contribution in [0.2, 0.25) is 0 Å². The van der Waals surface area contributed by atoms with Gasteiger partial charge in [-0.3, -0.25) is 4.98 Å². The second kappa shape index (κ2) is 8.42. The van der Waals surface area contributed by atoms with E-state index in [9.17, 15) is 0 Å². The highest BCUT2D eigenvalue weighted by Gasteiger charge is 2.44. The molecule has 2 aliphatic carbocycles. The van der Waals surface area contributed by atoms with Gasteiger partial charge in [-0.2, -0.15) is 0 Å². The van der Waals surface area contributed by atoms with Gasteiger partial charge >= 0.3 is 0 Å². The van der Waals surface area contributed by atoms with E-state index in [1.807, 2.05) is 6.20 Å². The maximum Gasteiger partial charge on any atom is 0.232 e. The number of rotatable bonds is 5. The van der Waals surface area contributed by atoms with Gasteiger partial charge in [0.2, 0.25) is 5.88 Å². The van der Waals surface area contributed by atoms with Crippen LogP contribution < -0.4 is 4.74 Å². The predicted molar refractivity (Wildman–Crippen MR) is 112 cm³/mol. The van der Waals surface area contributed by atoms with Gasteiger partial charge in [0.15, 0.2) is 0 Å². The Morgan fingerprint density at radius 1 is 1.00 bits per heavy atom. The van der Waals surface area contributed by atoms with Crippen molar-refractivity contribution in [2.24, 2.45) is 17.8 Å². The van der Waals surface area contributed by atoms with Crippen LogP contribution in [0.15, 0.2) is 31.0 Å². The normalized spacial score (nSPS) is 30.9. The first-order chi connectivity index (χ1) is 14.3. The molecule has 6 nitrogen and oxygen atoms in total. The Bertz CT molecular complexity index is 788. The van der Waals surface area contributed by atoms with Crippen LogP contribution in [0.4, 0.5) is 0 Å². The lowest BCUT2D eigenvalue weighted by Crippen LogP contribution is -2.40. The third-order valence-electron chi connectivity index (χ3n) is 7.43. The van der Waals surface area contributed by atoms with Crippen molar-refractivity contribution in [3.05, 3.63) is 36.8 Å². The first kappa shape index (κ1) is 19.0. The minimum absolute atomic E-state index is 0.121. The van der Waals surface area contributed by atoms with Crippen LogP contribution in [0.5, 0.6) is 5.88 Å². The second-order valence-electron chi connectivity index (χ2n) is 9.36. The number of aryl methyl sites for hydroxylation is 1. The Labute approximate surface area is 173 Å². The molecule has 6 heteroatoms. The Hall–Kier alpha value is -1.95. The van der Waals surface area contributed by atoms with E-state index in [1.54, 1.807) is 18.6 Å². The third kappa shape index (κ3) is 4.18. The fourth-order valence-electron chi connectivity index (χ4n) is 6.03. The van der Waals surface area contributed by atoms with Crippen molar-refractivity contribution < 1.29 is 4.74 Å². The van der Waals surface area contributed by atoms with E-state index in [0.29, 0.717) is 11.9 Å². The van der Waals surface area contributed by atoms with E-state index in [0.717, 1.165) is 36.4 Å². The Kier molecular flexibility index (Phi) is 5.53. The molecule has 0 aromatic carbocycles. The zero-order valence-corrected chi connectivity index (χ0v) is 17.5. The zero-order valence-electron chi connectivity index (χ0n) is 17.5. The summed E-state index contributed by atoms with van der Waals surface area (Å²) in [5.74, 6) is 4.10. The maximum absolute atomic E-state index is 6.40. The molecule has 156 valence electrons. The quantitative estimate of drug-likeness (QED) is 0.769. The number of imidazole rings is 1. The largest absolute Gasteiger partial charge is 0.471 e. The number of fused-ring (bicyclic) bond motifs is 1. The van der Waals surface area contributed by atoms with Crippen LogP contribution in [-0.2, 0) is 0 Å². The number of ether oxygens (including phenoxy) is 1. The Morgan fingerprint density at radius 2 is 1.83 bits per heavy atom. The molecule has 4 atom stereocenters. The minimum Gasteiger partial charge on any atom is -0.471 e. The van der Waals surface area contributed by atoms with Gasteiger partial charge in [0.25, 0.3) is 0 Å². The van der Waals surface area contributed by atoms with E-state index >= 15 is 0 Å². The molecule has 3 heterocycles. The molecule has 0 bridgehead atoms. The highest BCUT2D eigenvalue weighted by molar-refractivity contribution is 5.07. The van der Waals surface area contributed by atoms with Crippen molar-refractivity contribution in [2.75, 3.05) is 19.6 Å². The monoisotopic (exact) mass is 395 g/mol. The molecular weight excluding hydrogens is 362 g/mol. The van der Waals surface area contributed by atoms with Gasteiger partial charge in [-0.15, -0.1) is 0 Å². The molecule has 29 heavy (non-hydrogen) atoms. The van der Waals surface area contributed by atoms with Gasteiger partial charge in [0, 0.05) is 44.4 Å². The van der Waals surface area contributed by atoms with E-state index in [2.05, 4.69) is 37.5 Å². The van der Waals surface area contributed by atoms with Crippen molar-refractivity contribution in [1.29, 1.82) is 0 Å². The average Bonchev–Trinajstić information content (AvgIpc) is 3.34. The molecule has 1 saturated heterocycles. The number of hydrogen-bond donors (Lipinski definition) is 0. The number of hydrogen-bond acceptors (Lipinski definition) is 5. The lowest BCUT2D eigenvalue weighted by Gasteiger charge is -2.38. The molecule has 0 spiro atoms. The van der Waals surface area contributed by atoms with Gasteiger partial charge in [-0.25, -0.2) is 9.97 Å². The molecule has 0 amide bonds. The van der Waals surface area contributed by atoms with E-state index < -0.39 is 0 Å². The first-order valence-electron chi connectivity index (χ1n) is 11.4. The van der Waals surface area contributed by atoms with E-state index in [-0.39, 0.29) is 6.10 Å². The number of aromatic nitrogens is 4. The van der Waals surface area contributed by atoms with Crippen molar-refractivity contribution in [3.8, 4) is 5.88 Å². The molecule has 0 unspecified atom stereocenters. The van der Waals surface area contributed by atoms with Gasteiger partial charge < -0.3 is 14.2 Å². The van der Waals surface area contributed by atoms with Gasteiger partial charge in [0.05, 0.1) is 12.2 Å². The molecule has 2 aromatic heterocycles. The standard InChI is InChI=1S/C23H33N5O/c1-17-25-9-10-28(17)21-11-19-15-27(14-18-5-3-2-4-6-18)16-20(19)12-22(21)29-23-13-24-7-8-26-23/h7-10,13,18-22H,2-6,11-12,14-16H2,1H3/t19-,20+,21-,22-/m0/s1. The molecule has 2 saturated carbocycles. The molecule has 1 aliphatic heterocycles. The topological polar surface area (TPSA) is 56.1 Å². The summed E-state index contributed by atoms with van der Waals surface area (Å²) >= 11 is 0. The highest BCUT2D eigenvalue weighted by atomic mass is 16.5. The SMILES string of the molecule is Cc1nccn1[C@H]1C[C@H]2CN(CC3CCCCC3)C[C@H]2C[C@@H]1Oc1cnccn1. The molecule has 3 aliphatic rings. The minimum atomic E-state index is 0.121. The molecule has 0 radical (unpaired) electrons. The van der Waals surface area contributed by atoms with Crippen LogP contribution in [0.1, 0.15) is 56.8 Å². The van der Waals surface area contributed by atoms with Crippen molar-refractivity contribution in [2.45, 2.75) is 64.0 Å². The van der Waals surface area contributed by atoms with Gasteiger partial charge in [0.1, 0.15) is 11.9 Å². The zero-order chi connectivity index (χ0) is 19.6. The predicted octanol–water partition coefficient (Wildman–Crippen LogP) is 3.89. The van der Waals surface area contributed by atoms with Gasteiger partial charge in [-0.05, 0) is 50.4 Å². The van der Waals surface area contributed by atoms with Crippen molar-refractivity contribution in [3.63, 3.8) is 0 Å². The van der Waals surface area contributed by atoms with Crippen molar-refractivity contribution >= 4 is 0 Å². The lowest BCUT2D eigenvalue weighted by atomic mass is 9.77. The summed E-state index contributed by atoms with van der Waals surface area (Å²) in [4.78, 5) is 15.8. The summed E-state index contributed by atoms with van der Waals surface area (Å²) in [7, 11) is 0. The van der Waals surface area contributed by atoms with Crippen LogP contribution >= 0.6 is 0 Å². The smallest absolute Gasteiger partial charge is 0.232 e. The summed E-state index contributed by atoms with van der Waals surface area (Å²) in [6, 6.07) is 0.315. The van der Waals surface area contributed by atoms with Crippen LogP contribution in [0, 0.1) is 24.7 Å². The maximum atomic E-state index is 6.40. The summed E-state index contributed by atoms with van der Waals surface area (Å²) in [6.45, 7) is 5.88. The molecule has 2 aromatic rings. The highest BCUT2D eigenvalue weighted by Crippen LogP contribution is 2.43. The fraction of sp³-hybridized carbons (Fsp3) is 0.696. The summed E-state index contributed by atoms with van der Waals surface area (Å²) in [6.07, 6.45) is 18.7. The first-order valence-corrected chi connectivity index (χ1v) is 11.4. The third-order valence-corrected chi connectivity index (χ3v) is 7.43. The van der Waals surface area contributed by atoms with Crippen LogP contribution in [0.25, 0.3) is 0 Å². The number of likely N-dealkylation sites (tertiary alicyclic amines) is 1. The summed E-state index contributed by atoms with van der Waals surface area (Å²) < 4.78 is 8.72. The lowest BCUT2D eigenvalue weighted by molar-refractivity contribution is 0.0501.